The molecule has 0 aromatic carbocycles. The Morgan fingerprint density at radius 3 is 2.95 bits per heavy atom. The number of aromatic nitrogens is 5. The molecule has 102 valence electrons. The minimum Gasteiger partial charge on any atom is -0.493 e. The second-order valence-corrected chi connectivity index (χ2v) is 5.07. The van der Waals surface area contributed by atoms with Crippen molar-refractivity contribution < 1.29 is 9.26 Å². The number of hydrogen-bond donors (Lipinski definition) is 0. The van der Waals surface area contributed by atoms with Crippen LogP contribution in [0.2, 0.25) is 5.15 Å². The Bertz CT molecular complexity index is 792. The van der Waals surface area contributed by atoms with E-state index < -0.39 is 0 Å². The lowest BCUT2D eigenvalue weighted by Crippen LogP contribution is -1.98. The number of hydrogen-bond acceptors (Lipinski definition) is 6. The van der Waals surface area contributed by atoms with Crippen LogP contribution in [-0.4, -0.2) is 32.1 Å². The Labute approximate surface area is 118 Å². The van der Waals surface area contributed by atoms with Crippen LogP contribution in [0.25, 0.3) is 17.2 Å². The van der Waals surface area contributed by atoms with Gasteiger partial charge in [-0.3, -0.25) is 0 Å². The third kappa shape index (κ3) is 1.74. The van der Waals surface area contributed by atoms with E-state index >= 15 is 0 Å². The van der Waals surface area contributed by atoms with Gasteiger partial charge in [-0.25, -0.2) is 0 Å². The van der Waals surface area contributed by atoms with E-state index in [9.17, 15) is 0 Å². The average Bonchev–Trinajstić information content (AvgIpc) is 3.03. The van der Waals surface area contributed by atoms with Crippen molar-refractivity contribution in [3.63, 3.8) is 0 Å². The number of fused-ring (bicyclic) bond motifs is 1. The molecule has 0 bridgehead atoms. The summed E-state index contributed by atoms with van der Waals surface area (Å²) in [5.74, 6) is 2.36. The van der Waals surface area contributed by atoms with Gasteiger partial charge >= 0.3 is 0 Å². The highest BCUT2D eigenvalue weighted by Crippen LogP contribution is 2.41. The highest BCUT2D eigenvalue weighted by atomic mass is 35.5. The second kappa shape index (κ2) is 4.17. The van der Waals surface area contributed by atoms with Crippen LogP contribution in [0.4, 0.5) is 0 Å². The minimum atomic E-state index is 0.293. The lowest BCUT2D eigenvalue weighted by atomic mass is 10.3. The van der Waals surface area contributed by atoms with Crippen LogP contribution in [-0.2, 0) is 0 Å². The Kier molecular flexibility index (Phi) is 2.43. The van der Waals surface area contributed by atoms with Crippen LogP contribution in [0.15, 0.2) is 16.7 Å². The summed E-state index contributed by atoms with van der Waals surface area (Å²) in [5, 5.41) is 16.7. The van der Waals surface area contributed by atoms with Crippen LogP contribution >= 0.6 is 11.6 Å². The molecule has 0 N–H and O–H groups in total. The van der Waals surface area contributed by atoms with E-state index in [0.717, 1.165) is 18.6 Å². The molecule has 7 nitrogen and oxygen atoms in total. The normalized spacial score (nSPS) is 14.9. The van der Waals surface area contributed by atoms with E-state index in [1.165, 1.54) is 4.52 Å². The molecule has 1 fully saturated rings. The molecular weight excluding hydrogens is 282 g/mol. The molecule has 0 atom stereocenters. The first-order valence-electron chi connectivity index (χ1n) is 6.19. The maximum absolute atomic E-state index is 5.97. The Morgan fingerprint density at radius 2 is 2.20 bits per heavy atom. The molecule has 3 heterocycles. The fourth-order valence-corrected chi connectivity index (χ4v) is 2.26. The molecular formula is C12H10ClN5O2. The third-order valence-electron chi connectivity index (χ3n) is 3.26. The Hall–Kier alpha value is -2.15. The molecule has 0 aliphatic heterocycles. The van der Waals surface area contributed by atoms with E-state index in [-0.39, 0.29) is 0 Å². The summed E-state index contributed by atoms with van der Waals surface area (Å²) in [5.41, 5.74) is 1.08. The first-order valence-corrected chi connectivity index (χ1v) is 6.57. The second-order valence-electron chi connectivity index (χ2n) is 4.68. The molecule has 0 amide bonds. The third-order valence-corrected chi connectivity index (χ3v) is 3.45. The Balaban J connectivity index is 1.88. The average molecular weight is 292 g/mol. The van der Waals surface area contributed by atoms with Gasteiger partial charge in [-0.2, -0.15) is 9.61 Å². The van der Waals surface area contributed by atoms with E-state index in [1.807, 2.05) is 6.07 Å². The molecule has 1 saturated carbocycles. The standard InChI is InChI=1S/C12H10ClN5O2/c1-19-9-5-10(13)16-18-11(14-15-12(9)18)7-4-8(20-17-7)6-2-3-6/h4-6H,2-3H2,1H3. The first kappa shape index (κ1) is 11.7. The number of nitrogens with zero attached hydrogens (tertiary/aromatic N) is 5. The van der Waals surface area contributed by atoms with Crippen LogP contribution in [0.1, 0.15) is 24.5 Å². The molecule has 0 spiro atoms. The monoisotopic (exact) mass is 291 g/mol. The van der Waals surface area contributed by atoms with E-state index in [0.29, 0.717) is 34.0 Å². The summed E-state index contributed by atoms with van der Waals surface area (Å²) in [6.45, 7) is 0. The van der Waals surface area contributed by atoms with Gasteiger partial charge in [0.2, 0.25) is 11.5 Å². The lowest BCUT2D eigenvalue weighted by Gasteiger charge is -2.01. The summed E-state index contributed by atoms with van der Waals surface area (Å²) >= 11 is 5.97. The first-order chi connectivity index (χ1) is 9.76. The highest BCUT2D eigenvalue weighted by molar-refractivity contribution is 6.29. The fourth-order valence-electron chi connectivity index (χ4n) is 2.09. The van der Waals surface area contributed by atoms with Crippen molar-refractivity contribution in [2.75, 3.05) is 7.11 Å². The predicted molar refractivity (Wildman–Crippen MR) is 69.8 cm³/mol. The molecule has 4 rings (SSSR count). The molecule has 1 aliphatic carbocycles. The number of halogens is 1. The fraction of sp³-hybridized carbons (Fsp3) is 0.333. The molecule has 3 aromatic rings. The van der Waals surface area contributed by atoms with Crippen molar-refractivity contribution in [1.29, 1.82) is 0 Å². The largest absolute Gasteiger partial charge is 0.493 e. The number of rotatable bonds is 3. The van der Waals surface area contributed by atoms with Gasteiger partial charge in [-0.15, -0.1) is 10.2 Å². The molecule has 8 heteroatoms. The summed E-state index contributed by atoms with van der Waals surface area (Å²) in [6, 6.07) is 3.47. The van der Waals surface area contributed by atoms with Gasteiger partial charge in [0.05, 0.1) is 7.11 Å². The van der Waals surface area contributed by atoms with Crippen molar-refractivity contribution in [2.24, 2.45) is 0 Å². The minimum absolute atomic E-state index is 0.293. The summed E-state index contributed by atoms with van der Waals surface area (Å²) in [6.07, 6.45) is 2.29. The smallest absolute Gasteiger partial charge is 0.220 e. The maximum Gasteiger partial charge on any atom is 0.220 e. The van der Waals surface area contributed by atoms with Crippen LogP contribution in [0, 0.1) is 0 Å². The number of methoxy groups -OCH3 is 1. The quantitative estimate of drug-likeness (QED) is 0.737. The van der Waals surface area contributed by atoms with Crippen molar-refractivity contribution in [3.05, 3.63) is 23.0 Å². The van der Waals surface area contributed by atoms with E-state index in [2.05, 4.69) is 20.5 Å². The van der Waals surface area contributed by atoms with Gasteiger partial charge in [0, 0.05) is 18.1 Å². The number of ether oxygens (including phenoxy) is 1. The van der Waals surface area contributed by atoms with Crippen molar-refractivity contribution in [1.82, 2.24) is 25.0 Å². The maximum atomic E-state index is 5.97. The van der Waals surface area contributed by atoms with Gasteiger partial charge in [0.25, 0.3) is 0 Å². The molecule has 3 aromatic heterocycles. The zero-order chi connectivity index (χ0) is 13.7. The van der Waals surface area contributed by atoms with E-state index in [4.69, 9.17) is 20.9 Å². The predicted octanol–water partition coefficient (Wildman–Crippen LogP) is 2.32. The molecule has 20 heavy (non-hydrogen) atoms. The van der Waals surface area contributed by atoms with Gasteiger partial charge in [0.1, 0.15) is 5.76 Å². The van der Waals surface area contributed by atoms with Crippen molar-refractivity contribution in [3.8, 4) is 17.3 Å². The highest BCUT2D eigenvalue weighted by Gasteiger charge is 2.29. The van der Waals surface area contributed by atoms with Crippen molar-refractivity contribution >= 4 is 17.2 Å². The van der Waals surface area contributed by atoms with Crippen LogP contribution in [0.5, 0.6) is 5.75 Å². The van der Waals surface area contributed by atoms with Crippen molar-refractivity contribution in [2.45, 2.75) is 18.8 Å². The lowest BCUT2D eigenvalue weighted by molar-refractivity contribution is 0.386. The van der Waals surface area contributed by atoms with Gasteiger partial charge in [-0.05, 0) is 12.8 Å². The zero-order valence-corrected chi connectivity index (χ0v) is 11.3. The van der Waals surface area contributed by atoms with E-state index in [1.54, 1.807) is 13.2 Å². The van der Waals surface area contributed by atoms with Crippen LogP contribution < -0.4 is 4.74 Å². The zero-order valence-electron chi connectivity index (χ0n) is 10.6. The summed E-state index contributed by atoms with van der Waals surface area (Å²) in [4.78, 5) is 0. The van der Waals surface area contributed by atoms with Crippen LogP contribution in [0.3, 0.4) is 0 Å². The molecule has 0 unspecified atom stereocenters. The molecule has 0 saturated heterocycles. The topological polar surface area (TPSA) is 78.3 Å². The van der Waals surface area contributed by atoms with Gasteiger partial charge in [0.15, 0.2) is 16.6 Å². The van der Waals surface area contributed by atoms with Gasteiger partial charge < -0.3 is 9.26 Å². The van der Waals surface area contributed by atoms with Gasteiger partial charge in [-0.1, -0.05) is 16.8 Å². The molecule has 0 radical (unpaired) electrons. The SMILES string of the molecule is COc1cc(Cl)nn2c(-c3cc(C4CC4)on3)nnc12. The Morgan fingerprint density at radius 1 is 1.35 bits per heavy atom. The summed E-state index contributed by atoms with van der Waals surface area (Å²) in [7, 11) is 1.54. The summed E-state index contributed by atoms with van der Waals surface area (Å²) < 4.78 is 12.1. The molecule has 1 aliphatic rings.